The van der Waals surface area contributed by atoms with Crippen molar-refractivity contribution in [2.75, 3.05) is 0 Å². The first kappa shape index (κ1) is 15.1. The molecule has 0 saturated heterocycles. The molecule has 7 heteroatoms. The highest BCUT2D eigenvalue weighted by Crippen LogP contribution is 2.27. The van der Waals surface area contributed by atoms with Gasteiger partial charge >= 0.3 is 0 Å². The minimum atomic E-state index is 0.558. The lowest BCUT2D eigenvalue weighted by molar-refractivity contribution is 0.737. The van der Waals surface area contributed by atoms with Gasteiger partial charge in [0.2, 0.25) is 0 Å². The monoisotopic (exact) mass is 382 g/mol. The second kappa shape index (κ2) is 5.59. The topological polar surface area (TPSA) is 69.4 Å². The Morgan fingerprint density at radius 1 is 1.00 bits per heavy atom. The van der Waals surface area contributed by atoms with Crippen LogP contribution in [0.5, 0.6) is 0 Å². The number of imidazole rings is 1. The predicted molar refractivity (Wildman–Crippen MR) is 95.9 cm³/mol. The van der Waals surface area contributed by atoms with E-state index in [2.05, 4.69) is 46.5 Å². The van der Waals surface area contributed by atoms with Gasteiger partial charge in [0.05, 0.1) is 22.2 Å². The Hall–Kier alpha value is -2.41. The zero-order valence-corrected chi connectivity index (χ0v) is 15.2. The summed E-state index contributed by atoms with van der Waals surface area (Å²) in [7, 11) is 0. The van der Waals surface area contributed by atoms with E-state index >= 15 is 0 Å². The Kier molecular flexibility index (Phi) is 3.53. The highest BCUT2D eigenvalue weighted by molar-refractivity contribution is 9.10. The Morgan fingerprint density at radius 2 is 1.75 bits per heavy atom. The molecule has 4 aromatic heterocycles. The molecular weight excluding hydrogens is 368 g/mol. The van der Waals surface area contributed by atoms with Crippen LogP contribution < -0.4 is 0 Å². The molecule has 120 valence electrons. The maximum atomic E-state index is 4.71. The van der Waals surface area contributed by atoms with Gasteiger partial charge in [0.15, 0.2) is 5.65 Å². The van der Waals surface area contributed by atoms with Gasteiger partial charge in [-0.05, 0) is 48.8 Å². The summed E-state index contributed by atoms with van der Waals surface area (Å²) in [5.41, 5.74) is 4.52. The third-order valence-corrected chi connectivity index (χ3v) is 4.43. The van der Waals surface area contributed by atoms with E-state index in [9.17, 15) is 0 Å². The fraction of sp³-hybridized carbons (Fsp3) is 0.235. The van der Waals surface area contributed by atoms with Crippen molar-refractivity contribution in [2.24, 2.45) is 0 Å². The highest BCUT2D eigenvalue weighted by atomic mass is 79.9. The van der Waals surface area contributed by atoms with Gasteiger partial charge in [-0.2, -0.15) is 0 Å². The van der Waals surface area contributed by atoms with Crippen LogP contribution >= 0.6 is 15.9 Å². The van der Waals surface area contributed by atoms with E-state index in [0.29, 0.717) is 6.54 Å². The van der Waals surface area contributed by atoms with Crippen molar-refractivity contribution in [3.05, 3.63) is 52.0 Å². The molecule has 0 radical (unpaired) electrons. The fourth-order valence-electron chi connectivity index (χ4n) is 2.87. The molecule has 24 heavy (non-hydrogen) atoms. The second-order valence-corrected chi connectivity index (χ2v) is 6.70. The van der Waals surface area contributed by atoms with Crippen LogP contribution in [0.1, 0.15) is 23.0 Å². The molecule has 0 unspecified atom stereocenters. The first-order valence-electron chi connectivity index (χ1n) is 7.60. The van der Waals surface area contributed by atoms with Gasteiger partial charge in [0, 0.05) is 23.5 Å². The minimum absolute atomic E-state index is 0.558. The number of aromatic nitrogens is 6. The molecule has 0 N–H and O–H groups in total. The van der Waals surface area contributed by atoms with E-state index in [-0.39, 0.29) is 0 Å². The SMILES string of the molecule is Cc1ccc2c(n1)nc(C)c1nc(C)n(Cc3ncc(Br)cn3)c12. The number of hydrogen-bond acceptors (Lipinski definition) is 5. The standard InChI is InChI=1S/C17H15BrN6/c1-9-4-5-13-16-15(10(2)22-17(13)21-9)23-11(3)24(16)8-14-19-6-12(18)7-20-14/h4-7H,8H2,1-3H3. The van der Waals surface area contributed by atoms with Crippen LogP contribution in [0, 0.1) is 20.8 Å². The molecule has 0 saturated carbocycles. The first-order valence-corrected chi connectivity index (χ1v) is 8.39. The average Bonchev–Trinajstić information content (AvgIpc) is 2.87. The Morgan fingerprint density at radius 3 is 2.50 bits per heavy atom. The summed E-state index contributed by atoms with van der Waals surface area (Å²) in [6.07, 6.45) is 3.51. The molecule has 4 aromatic rings. The summed E-state index contributed by atoms with van der Waals surface area (Å²) in [6.45, 7) is 6.49. The van der Waals surface area contributed by atoms with Crippen molar-refractivity contribution < 1.29 is 0 Å². The number of rotatable bonds is 2. The zero-order valence-electron chi connectivity index (χ0n) is 13.6. The summed E-state index contributed by atoms with van der Waals surface area (Å²) >= 11 is 3.37. The van der Waals surface area contributed by atoms with E-state index < -0.39 is 0 Å². The molecule has 0 atom stereocenters. The van der Waals surface area contributed by atoms with Gasteiger partial charge in [-0.3, -0.25) is 0 Å². The largest absolute Gasteiger partial charge is 0.320 e. The average molecular weight is 383 g/mol. The second-order valence-electron chi connectivity index (χ2n) is 5.78. The molecular formula is C17H15BrN6. The van der Waals surface area contributed by atoms with Gasteiger partial charge < -0.3 is 4.57 Å². The fourth-order valence-corrected chi connectivity index (χ4v) is 3.08. The number of fused-ring (bicyclic) bond motifs is 3. The van der Waals surface area contributed by atoms with Gasteiger partial charge in [0.25, 0.3) is 0 Å². The van der Waals surface area contributed by atoms with Gasteiger partial charge in [0.1, 0.15) is 17.2 Å². The van der Waals surface area contributed by atoms with E-state index in [1.165, 1.54) is 0 Å². The van der Waals surface area contributed by atoms with Crippen LogP contribution in [-0.2, 0) is 6.54 Å². The van der Waals surface area contributed by atoms with Crippen molar-refractivity contribution in [3.63, 3.8) is 0 Å². The van der Waals surface area contributed by atoms with Gasteiger partial charge in [-0.25, -0.2) is 24.9 Å². The Balaban J connectivity index is 1.99. The third kappa shape index (κ3) is 2.45. The smallest absolute Gasteiger partial charge is 0.161 e. The van der Waals surface area contributed by atoms with Crippen LogP contribution in [0.25, 0.3) is 22.1 Å². The Labute approximate surface area is 147 Å². The summed E-state index contributed by atoms with van der Waals surface area (Å²) in [4.78, 5) is 22.6. The lowest BCUT2D eigenvalue weighted by Gasteiger charge is -2.08. The molecule has 0 aliphatic heterocycles. The maximum Gasteiger partial charge on any atom is 0.161 e. The maximum absolute atomic E-state index is 4.71. The van der Waals surface area contributed by atoms with Crippen LogP contribution in [0.2, 0.25) is 0 Å². The van der Waals surface area contributed by atoms with E-state index in [1.54, 1.807) is 12.4 Å². The number of pyridine rings is 2. The first-order chi connectivity index (χ1) is 11.5. The molecule has 4 rings (SSSR count). The molecule has 0 spiro atoms. The minimum Gasteiger partial charge on any atom is -0.320 e. The van der Waals surface area contributed by atoms with Crippen LogP contribution in [0.4, 0.5) is 0 Å². The lowest BCUT2D eigenvalue weighted by atomic mass is 10.2. The molecule has 0 fully saturated rings. The van der Waals surface area contributed by atoms with E-state index in [4.69, 9.17) is 4.98 Å². The quantitative estimate of drug-likeness (QED) is 0.530. The highest BCUT2D eigenvalue weighted by Gasteiger charge is 2.16. The number of hydrogen-bond donors (Lipinski definition) is 0. The summed E-state index contributed by atoms with van der Waals surface area (Å²) < 4.78 is 3.00. The number of nitrogens with zero attached hydrogens (tertiary/aromatic N) is 6. The lowest BCUT2D eigenvalue weighted by Crippen LogP contribution is -2.06. The number of aryl methyl sites for hydroxylation is 3. The van der Waals surface area contributed by atoms with E-state index in [0.717, 1.165) is 49.6 Å². The summed E-state index contributed by atoms with van der Waals surface area (Å²) in [6, 6.07) is 4.06. The van der Waals surface area contributed by atoms with Crippen molar-refractivity contribution in [2.45, 2.75) is 27.3 Å². The molecule has 6 nitrogen and oxygen atoms in total. The molecule has 0 amide bonds. The van der Waals surface area contributed by atoms with Crippen LogP contribution in [0.3, 0.4) is 0 Å². The molecule has 0 aliphatic carbocycles. The molecule has 0 aromatic carbocycles. The summed E-state index contributed by atoms with van der Waals surface area (Å²) in [5, 5.41) is 0.999. The molecule has 0 bridgehead atoms. The van der Waals surface area contributed by atoms with Crippen molar-refractivity contribution in [1.29, 1.82) is 0 Å². The molecule has 0 aliphatic rings. The van der Waals surface area contributed by atoms with Crippen molar-refractivity contribution in [3.8, 4) is 0 Å². The predicted octanol–water partition coefficient (Wildman–Crippen LogP) is 3.51. The Bertz CT molecular complexity index is 1070. The third-order valence-electron chi connectivity index (χ3n) is 4.02. The van der Waals surface area contributed by atoms with Crippen LogP contribution in [0.15, 0.2) is 29.0 Å². The molecule has 4 heterocycles. The van der Waals surface area contributed by atoms with Crippen LogP contribution in [-0.4, -0.2) is 29.5 Å². The van der Waals surface area contributed by atoms with Crippen molar-refractivity contribution in [1.82, 2.24) is 29.5 Å². The van der Waals surface area contributed by atoms with Gasteiger partial charge in [-0.1, -0.05) is 0 Å². The summed E-state index contributed by atoms with van der Waals surface area (Å²) in [5.74, 6) is 1.65. The number of halogens is 1. The zero-order chi connectivity index (χ0) is 16.8. The van der Waals surface area contributed by atoms with Crippen molar-refractivity contribution >= 4 is 38.0 Å². The van der Waals surface area contributed by atoms with Gasteiger partial charge in [-0.15, -0.1) is 0 Å². The van der Waals surface area contributed by atoms with E-state index in [1.807, 2.05) is 26.8 Å². The normalized spacial score (nSPS) is 11.5.